The van der Waals surface area contributed by atoms with Crippen LogP contribution < -0.4 is 5.32 Å². The van der Waals surface area contributed by atoms with Crippen molar-refractivity contribution >= 4 is 0 Å². The van der Waals surface area contributed by atoms with Crippen LogP contribution in [0.4, 0.5) is 0 Å². The van der Waals surface area contributed by atoms with Crippen molar-refractivity contribution in [3.8, 4) is 5.69 Å². The third-order valence-corrected chi connectivity index (χ3v) is 4.45. The highest BCUT2D eigenvalue weighted by molar-refractivity contribution is 5.35. The van der Waals surface area contributed by atoms with E-state index in [0.717, 1.165) is 11.4 Å². The fourth-order valence-corrected chi connectivity index (χ4v) is 3.05. The van der Waals surface area contributed by atoms with Crippen molar-refractivity contribution in [2.45, 2.75) is 19.0 Å². The van der Waals surface area contributed by atoms with Gasteiger partial charge in [0.25, 0.3) is 0 Å². The standard InChI is InChI=1S/C21H20N4O/c1-16(17-9-11-19(12-10-17)25-15-22-14-23-25)24-21(20-8-5-13-26-20)18-6-3-2-4-7-18/h2-16,21,24H,1H3/t16-,21+/m1/s1. The average molecular weight is 344 g/mol. The summed E-state index contributed by atoms with van der Waals surface area (Å²) >= 11 is 0. The minimum absolute atomic E-state index is 0.00353. The van der Waals surface area contributed by atoms with Crippen molar-refractivity contribution < 1.29 is 4.42 Å². The van der Waals surface area contributed by atoms with E-state index < -0.39 is 0 Å². The Morgan fingerprint density at radius 2 is 1.73 bits per heavy atom. The van der Waals surface area contributed by atoms with Crippen LogP contribution in [0.1, 0.15) is 35.9 Å². The molecule has 0 aliphatic rings. The van der Waals surface area contributed by atoms with Gasteiger partial charge in [-0.05, 0) is 42.3 Å². The monoisotopic (exact) mass is 344 g/mol. The average Bonchev–Trinajstić information content (AvgIpc) is 3.41. The zero-order chi connectivity index (χ0) is 17.8. The molecule has 0 radical (unpaired) electrons. The quantitative estimate of drug-likeness (QED) is 0.566. The summed E-state index contributed by atoms with van der Waals surface area (Å²) in [7, 11) is 0. The molecule has 5 heteroatoms. The first-order valence-corrected chi connectivity index (χ1v) is 8.60. The molecule has 4 aromatic rings. The van der Waals surface area contributed by atoms with Crippen molar-refractivity contribution in [1.82, 2.24) is 20.1 Å². The largest absolute Gasteiger partial charge is 0.467 e. The van der Waals surface area contributed by atoms with Gasteiger partial charge in [0.1, 0.15) is 18.4 Å². The number of benzene rings is 2. The highest BCUT2D eigenvalue weighted by atomic mass is 16.3. The number of hydrogen-bond acceptors (Lipinski definition) is 4. The van der Waals surface area contributed by atoms with Crippen LogP contribution in [0.15, 0.2) is 90.1 Å². The van der Waals surface area contributed by atoms with Gasteiger partial charge in [0.05, 0.1) is 18.0 Å². The van der Waals surface area contributed by atoms with Gasteiger partial charge in [-0.2, -0.15) is 5.10 Å². The maximum absolute atomic E-state index is 5.67. The van der Waals surface area contributed by atoms with Gasteiger partial charge in [-0.25, -0.2) is 9.67 Å². The smallest absolute Gasteiger partial charge is 0.138 e. The number of nitrogens with one attached hydrogen (secondary N) is 1. The Labute approximate surface area is 152 Å². The summed E-state index contributed by atoms with van der Waals surface area (Å²) in [6.45, 7) is 2.16. The molecule has 2 heterocycles. The highest BCUT2D eigenvalue weighted by Crippen LogP contribution is 2.26. The minimum atomic E-state index is -0.00353. The number of nitrogens with zero attached hydrogens (tertiary/aromatic N) is 3. The molecule has 0 saturated carbocycles. The number of furan rings is 1. The second-order valence-electron chi connectivity index (χ2n) is 6.18. The Morgan fingerprint density at radius 1 is 0.923 bits per heavy atom. The molecule has 2 atom stereocenters. The predicted molar refractivity (Wildman–Crippen MR) is 99.9 cm³/mol. The predicted octanol–water partition coefficient (Wildman–Crippen LogP) is 4.30. The van der Waals surface area contributed by atoms with E-state index in [2.05, 4.69) is 46.6 Å². The Bertz CT molecular complexity index is 916. The zero-order valence-corrected chi connectivity index (χ0v) is 14.5. The SMILES string of the molecule is C[C@@H](N[C@@H](c1ccccc1)c1ccco1)c1ccc(-n2cncn2)cc1. The van der Waals surface area contributed by atoms with Gasteiger partial charge in [-0.1, -0.05) is 42.5 Å². The van der Waals surface area contributed by atoms with Crippen molar-refractivity contribution in [1.29, 1.82) is 0 Å². The van der Waals surface area contributed by atoms with E-state index in [-0.39, 0.29) is 12.1 Å². The first-order valence-electron chi connectivity index (χ1n) is 8.60. The summed E-state index contributed by atoms with van der Waals surface area (Å²) < 4.78 is 7.42. The minimum Gasteiger partial charge on any atom is -0.467 e. The van der Waals surface area contributed by atoms with Crippen LogP contribution >= 0.6 is 0 Å². The van der Waals surface area contributed by atoms with Crippen LogP contribution in [0.5, 0.6) is 0 Å². The maximum Gasteiger partial charge on any atom is 0.138 e. The fraction of sp³-hybridized carbons (Fsp3) is 0.143. The number of rotatable bonds is 6. The van der Waals surface area contributed by atoms with Crippen LogP contribution in [0.25, 0.3) is 5.69 Å². The Morgan fingerprint density at radius 3 is 2.38 bits per heavy atom. The van der Waals surface area contributed by atoms with Crippen LogP contribution in [-0.2, 0) is 0 Å². The summed E-state index contributed by atoms with van der Waals surface area (Å²) in [5.41, 5.74) is 3.36. The molecule has 0 amide bonds. The molecule has 0 saturated heterocycles. The molecule has 26 heavy (non-hydrogen) atoms. The summed E-state index contributed by atoms with van der Waals surface area (Å²) in [6.07, 6.45) is 4.94. The molecule has 2 aromatic heterocycles. The van der Waals surface area contributed by atoms with Crippen molar-refractivity contribution in [3.05, 3.63) is 103 Å². The van der Waals surface area contributed by atoms with Crippen molar-refractivity contribution in [2.75, 3.05) is 0 Å². The lowest BCUT2D eigenvalue weighted by Gasteiger charge is -2.23. The summed E-state index contributed by atoms with van der Waals surface area (Å²) in [5.74, 6) is 0.905. The van der Waals surface area contributed by atoms with Crippen molar-refractivity contribution in [2.24, 2.45) is 0 Å². The normalized spacial score (nSPS) is 13.4. The van der Waals surface area contributed by atoms with Crippen LogP contribution in [0, 0.1) is 0 Å². The van der Waals surface area contributed by atoms with E-state index in [9.17, 15) is 0 Å². The first kappa shape index (κ1) is 16.3. The molecule has 4 rings (SSSR count). The second kappa shape index (κ2) is 7.37. The van der Waals surface area contributed by atoms with Crippen LogP contribution in [0.3, 0.4) is 0 Å². The Hall–Kier alpha value is -3.18. The molecule has 0 unspecified atom stereocenters. The molecular formula is C21H20N4O. The van der Waals surface area contributed by atoms with Gasteiger partial charge in [0.15, 0.2) is 0 Å². The van der Waals surface area contributed by atoms with Gasteiger partial charge in [-0.3, -0.25) is 5.32 Å². The third-order valence-electron chi connectivity index (χ3n) is 4.45. The lowest BCUT2D eigenvalue weighted by molar-refractivity contribution is 0.419. The summed E-state index contributed by atoms with van der Waals surface area (Å²) in [4.78, 5) is 3.99. The molecule has 1 N–H and O–H groups in total. The zero-order valence-electron chi connectivity index (χ0n) is 14.5. The lowest BCUT2D eigenvalue weighted by atomic mass is 10.0. The van der Waals surface area contributed by atoms with E-state index in [4.69, 9.17) is 4.42 Å². The van der Waals surface area contributed by atoms with Gasteiger partial charge in [-0.15, -0.1) is 0 Å². The molecule has 0 spiro atoms. The van der Waals surface area contributed by atoms with E-state index >= 15 is 0 Å². The third kappa shape index (κ3) is 3.43. The number of hydrogen-bond donors (Lipinski definition) is 1. The van der Waals surface area contributed by atoms with Gasteiger partial charge >= 0.3 is 0 Å². The molecule has 0 bridgehead atoms. The van der Waals surface area contributed by atoms with Gasteiger partial charge < -0.3 is 4.42 Å². The first-order chi connectivity index (χ1) is 12.8. The van der Waals surface area contributed by atoms with E-state index in [1.54, 1.807) is 17.3 Å². The molecule has 0 aliphatic carbocycles. The molecule has 130 valence electrons. The van der Waals surface area contributed by atoms with Crippen molar-refractivity contribution in [3.63, 3.8) is 0 Å². The Balaban J connectivity index is 1.56. The lowest BCUT2D eigenvalue weighted by Crippen LogP contribution is -2.25. The molecule has 0 fully saturated rings. The van der Waals surface area contributed by atoms with E-state index in [1.165, 1.54) is 17.5 Å². The van der Waals surface area contributed by atoms with E-state index in [0.29, 0.717) is 0 Å². The molecular weight excluding hydrogens is 324 g/mol. The molecule has 0 aliphatic heterocycles. The second-order valence-corrected chi connectivity index (χ2v) is 6.18. The van der Waals surface area contributed by atoms with Crippen LogP contribution in [0.2, 0.25) is 0 Å². The highest BCUT2D eigenvalue weighted by Gasteiger charge is 2.19. The van der Waals surface area contributed by atoms with Gasteiger partial charge in [0.2, 0.25) is 0 Å². The molecule has 5 nitrogen and oxygen atoms in total. The van der Waals surface area contributed by atoms with Crippen LogP contribution in [-0.4, -0.2) is 14.8 Å². The van der Waals surface area contributed by atoms with Gasteiger partial charge in [0, 0.05) is 6.04 Å². The van der Waals surface area contributed by atoms with E-state index in [1.807, 2.05) is 42.5 Å². The Kier molecular flexibility index (Phi) is 4.62. The fourth-order valence-electron chi connectivity index (χ4n) is 3.05. The summed E-state index contributed by atoms with van der Waals surface area (Å²) in [5, 5.41) is 7.84. The maximum atomic E-state index is 5.67. The number of aromatic nitrogens is 3. The topological polar surface area (TPSA) is 55.9 Å². The molecule has 2 aromatic carbocycles. The summed E-state index contributed by atoms with van der Waals surface area (Å²) in [6, 6.07) is 22.7.